The van der Waals surface area contributed by atoms with Crippen molar-refractivity contribution >= 4 is 5.91 Å². The first-order chi connectivity index (χ1) is 10.2. The molecule has 1 aromatic carbocycles. The molecule has 1 aliphatic heterocycles. The largest absolute Gasteiger partial charge is 0.332 e. The third kappa shape index (κ3) is 2.63. The van der Waals surface area contributed by atoms with Gasteiger partial charge in [0.1, 0.15) is 5.82 Å². The first-order valence-corrected chi connectivity index (χ1v) is 6.83. The third-order valence-corrected chi connectivity index (χ3v) is 3.77. The van der Waals surface area contributed by atoms with Gasteiger partial charge in [-0.25, -0.2) is 8.78 Å². The molecule has 0 radical (unpaired) electrons. The van der Waals surface area contributed by atoms with Crippen LogP contribution in [0.3, 0.4) is 0 Å². The number of hydrogen-bond acceptors (Lipinski definition) is 2. The van der Waals surface area contributed by atoms with Crippen LogP contribution in [0.4, 0.5) is 8.78 Å². The number of halogens is 2. The molecule has 1 amide bonds. The maximum absolute atomic E-state index is 13.7. The summed E-state index contributed by atoms with van der Waals surface area (Å²) in [5, 5.41) is 0. The fraction of sp³-hybridized carbons (Fsp3) is 0.250. The number of carbonyl (C=O) groups is 1. The Balaban J connectivity index is 1.89. The Morgan fingerprint density at radius 2 is 1.95 bits per heavy atom. The van der Waals surface area contributed by atoms with E-state index < -0.39 is 5.82 Å². The molecule has 108 valence electrons. The minimum atomic E-state index is -0.618. The molecule has 3 rings (SSSR count). The van der Waals surface area contributed by atoms with E-state index in [-0.39, 0.29) is 23.3 Å². The Morgan fingerprint density at radius 3 is 2.67 bits per heavy atom. The van der Waals surface area contributed by atoms with Gasteiger partial charge >= 0.3 is 0 Å². The van der Waals surface area contributed by atoms with Crippen molar-refractivity contribution in [3.63, 3.8) is 0 Å². The second kappa shape index (κ2) is 5.60. The molecule has 2 heterocycles. The molecule has 1 aliphatic rings. The topological polar surface area (TPSA) is 33.2 Å². The minimum Gasteiger partial charge on any atom is -0.332 e. The summed E-state index contributed by atoms with van der Waals surface area (Å²) in [5.41, 5.74) is 0.899. The van der Waals surface area contributed by atoms with Crippen molar-refractivity contribution in [2.75, 3.05) is 6.54 Å². The van der Waals surface area contributed by atoms with Gasteiger partial charge < -0.3 is 4.90 Å². The standard InChI is InChI=1S/C16H14F2N2O/c17-12-5-3-11(4-6-12)15-2-1-9-20(15)16(21)13-7-8-19-10-14(13)18/h3-8,10,15H,1-2,9H2. The quantitative estimate of drug-likeness (QED) is 0.849. The first kappa shape index (κ1) is 13.7. The Kier molecular flexibility index (Phi) is 3.64. The number of likely N-dealkylation sites (tertiary alicyclic amines) is 1. The molecule has 1 fully saturated rings. The van der Waals surface area contributed by atoms with Gasteiger partial charge in [0.05, 0.1) is 17.8 Å². The summed E-state index contributed by atoms with van der Waals surface area (Å²) < 4.78 is 26.7. The van der Waals surface area contributed by atoms with Gasteiger partial charge in [-0.1, -0.05) is 12.1 Å². The maximum Gasteiger partial charge on any atom is 0.257 e. The molecule has 1 atom stereocenters. The van der Waals surface area contributed by atoms with E-state index in [2.05, 4.69) is 4.98 Å². The average molecular weight is 288 g/mol. The Morgan fingerprint density at radius 1 is 1.19 bits per heavy atom. The molecule has 0 bridgehead atoms. The normalized spacial score (nSPS) is 18.0. The number of benzene rings is 1. The second-order valence-corrected chi connectivity index (χ2v) is 5.06. The lowest BCUT2D eigenvalue weighted by Gasteiger charge is -2.25. The van der Waals surface area contributed by atoms with E-state index in [0.29, 0.717) is 6.54 Å². The highest BCUT2D eigenvalue weighted by molar-refractivity contribution is 5.94. The van der Waals surface area contributed by atoms with E-state index in [9.17, 15) is 13.6 Å². The highest BCUT2D eigenvalue weighted by Gasteiger charge is 2.31. The lowest BCUT2D eigenvalue weighted by atomic mass is 10.0. The zero-order valence-corrected chi connectivity index (χ0v) is 11.3. The summed E-state index contributed by atoms with van der Waals surface area (Å²) in [6.45, 7) is 0.572. The van der Waals surface area contributed by atoms with Gasteiger partial charge in [-0.3, -0.25) is 9.78 Å². The zero-order chi connectivity index (χ0) is 14.8. The molecule has 21 heavy (non-hydrogen) atoms. The molecule has 1 unspecified atom stereocenters. The summed E-state index contributed by atoms with van der Waals surface area (Å²) in [5.74, 6) is -1.27. The van der Waals surface area contributed by atoms with Crippen molar-refractivity contribution in [2.45, 2.75) is 18.9 Å². The number of carbonyl (C=O) groups excluding carboxylic acids is 1. The van der Waals surface area contributed by atoms with Crippen molar-refractivity contribution < 1.29 is 13.6 Å². The van der Waals surface area contributed by atoms with Gasteiger partial charge in [0.25, 0.3) is 5.91 Å². The predicted molar refractivity (Wildman–Crippen MR) is 73.6 cm³/mol. The summed E-state index contributed by atoms with van der Waals surface area (Å²) in [6.07, 6.45) is 4.08. The summed E-state index contributed by atoms with van der Waals surface area (Å²) in [4.78, 5) is 17.8. The average Bonchev–Trinajstić information content (AvgIpc) is 2.97. The smallest absolute Gasteiger partial charge is 0.257 e. The molecule has 0 spiro atoms. The summed E-state index contributed by atoms with van der Waals surface area (Å²) in [7, 11) is 0. The van der Waals surface area contributed by atoms with Crippen molar-refractivity contribution in [3.05, 3.63) is 65.5 Å². The van der Waals surface area contributed by atoms with Crippen LogP contribution >= 0.6 is 0 Å². The van der Waals surface area contributed by atoms with E-state index in [4.69, 9.17) is 0 Å². The fourth-order valence-corrected chi connectivity index (χ4v) is 2.74. The first-order valence-electron chi connectivity index (χ1n) is 6.83. The van der Waals surface area contributed by atoms with Crippen LogP contribution in [0.25, 0.3) is 0 Å². The van der Waals surface area contributed by atoms with Crippen LogP contribution in [-0.4, -0.2) is 22.3 Å². The van der Waals surface area contributed by atoms with E-state index >= 15 is 0 Å². The molecule has 2 aromatic rings. The van der Waals surface area contributed by atoms with Crippen molar-refractivity contribution in [3.8, 4) is 0 Å². The highest BCUT2D eigenvalue weighted by Crippen LogP contribution is 2.33. The van der Waals surface area contributed by atoms with E-state index in [1.807, 2.05) is 0 Å². The molecule has 0 saturated carbocycles. The zero-order valence-electron chi connectivity index (χ0n) is 11.3. The van der Waals surface area contributed by atoms with Gasteiger partial charge in [0, 0.05) is 12.7 Å². The molecule has 3 nitrogen and oxygen atoms in total. The SMILES string of the molecule is O=C(c1ccncc1F)N1CCCC1c1ccc(F)cc1. The van der Waals surface area contributed by atoms with Crippen LogP contribution in [0, 0.1) is 11.6 Å². The molecule has 0 aliphatic carbocycles. The molecule has 1 aromatic heterocycles. The van der Waals surface area contributed by atoms with Crippen LogP contribution in [0.5, 0.6) is 0 Å². The van der Waals surface area contributed by atoms with Crippen LogP contribution in [0.2, 0.25) is 0 Å². The minimum absolute atomic E-state index is 0.0269. The number of amides is 1. The van der Waals surface area contributed by atoms with Gasteiger partial charge in [-0.15, -0.1) is 0 Å². The molecular formula is C16H14F2N2O. The second-order valence-electron chi connectivity index (χ2n) is 5.06. The Bertz CT molecular complexity index is 658. The number of nitrogens with zero attached hydrogens (tertiary/aromatic N) is 2. The lowest BCUT2D eigenvalue weighted by Crippen LogP contribution is -2.31. The van der Waals surface area contributed by atoms with Crippen LogP contribution in [0.1, 0.15) is 34.8 Å². The van der Waals surface area contributed by atoms with Crippen molar-refractivity contribution in [1.29, 1.82) is 0 Å². The Labute approximate surface area is 121 Å². The molecule has 1 saturated heterocycles. The van der Waals surface area contributed by atoms with Gasteiger partial charge in [0.15, 0.2) is 5.82 Å². The lowest BCUT2D eigenvalue weighted by molar-refractivity contribution is 0.0730. The number of aromatic nitrogens is 1. The van der Waals surface area contributed by atoms with E-state index in [1.165, 1.54) is 24.4 Å². The van der Waals surface area contributed by atoms with Crippen LogP contribution in [-0.2, 0) is 0 Å². The van der Waals surface area contributed by atoms with E-state index in [1.54, 1.807) is 17.0 Å². The van der Waals surface area contributed by atoms with Crippen molar-refractivity contribution in [1.82, 2.24) is 9.88 Å². The van der Waals surface area contributed by atoms with Crippen LogP contribution < -0.4 is 0 Å². The van der Waals surface area contributed by atoms with Gasteiger partial charge in [0.2, 0.25) is 0 Å². The van der Waals surface area contributed by atoms with Crippen LogP contribution in [0.15, 0.2) is 42.7 Å². The number of rotatable bonds is 2. The molecule has 5 heteroatoms. The maximum atomic E-state index is 13.7. The number of pyridine rings is 1. The predicted octanol–water partition coefficient (Wildman–Crippen LogP) is 3.34. The fourth-order valence-electron chi connectivity index (χ4n) is 2.74. The molecule has 0 N–H and O–H groups in total. The van der Waals surface area contributed by atoms with Gasteiger partial charge in [-0.05, 0) is 36.6 Å². The van der Waals surface area contributed by atoms with Crippen molar-refractivity contribution in [2.24, 2.45) is 0 Å². The Hall–Kier alpha value is -2.30. The molecular weight excluding hydrogens is 274 g/mol. The van der Waals surface area contributed by atoms with Gasteiger partial charge in [-0.2, -0.15) is 0 Å². The van der Waals surface area contributed by atoms with E-state index in [0.717, 1.165) is 24.6 Å². The third-order valence-electron chi connectivity index (χ3n) is 3.77. The summed E-state index contributed by atoms with van der Waals surface area (Å²) >= 11 is 0. The number of hydrogen-bond donors (Lipinski definition) is 0. The highest BCUT2D eigenvalue weighted by atomic mass is 19.1. The summed E-state index contributed by atoms with van der Waals surface area (Å²) in [6, 6.07) is 7.36. The monoisotopic (exact) mass is 288 g/mol.